The highest BCUT2D eigenvalue weighted by Crippen LogP contribution is 2.14. The van der Waals surface area contributed by atoms with Crippen LogP contribution >= 0.6 is 23.4 Å². The number of amides is 1. The number of aliphatic hydroxyl groups is 1. The van der Waals surface area contributed by atoms with Crippen molar-refractivity contribution in [1.82, 2.24) is 10.3 Å². The van der Waals surface area contributed by atoms with E-state index >= 15 is 0 Å². The number of aromatic nitrogens is 1. The molecule has 0 spiro atoms. The van der Waals surface area contributed by atoms with E-state index in [0.717, 1.165) is 18.5 Å². The molecule has 0 radical (unpaired) electrons. The number of nitrogens with zero attached hydrogens (tertiary/aromatic N) is 1. The number of carbonyl (C=O) groups excluding carboxylic acids is 1. The average Bonchev–Trinajstić information content (AvgIpc) is 2.39. The second-order valence-electron chi connectivity index (χ2n) is 4.64. The van der Waals surface area contributed by atoms with Gasteiger partial charge in [-0.15, -0.1) is 0 Å². The van der Waals surface area contributed by atoms with Crippen LogP contribution in [0, 0.1) is 0 Å². The summed E-state index contributed by atoms with van der Waals surface area (Å²) in [6.07, 6.45) is 3.65. The molecular weight excluding hydrogens is 296 g/mol. The molecule has 2 N–H and O–H groups in total. The molecule has 1 amide bonds. The van der Waals surface area contributed by atoms with Crippen LogP contribution in [0.1, 0.15) is 36.3 Å². The van der Waals surface area contributed by atoms with E-state index in [1.807, 2.05) is 13.2 Å². The van der Waals surface area contributed by atoms with Crippen LogP contribution in [-0.2, 0) is 6.42 Å². The van der Waals surface area contributed by atoms with Crippen molar-refractivity contribution in [2.24, 2.45) is 0 Å². The lowest BCUT2D eigenvalue weighted by Crippen LogP contribution is -2.41. The molecule has 4 nitrogen and oxygen atoms in total. The monoisotopic (exact) mass is 316 g/mol. The van der Waals surface area contributed by atoms with Gasteiger partial charge in [0.05, 0.1) is 6.61 Å². The van der Waals surface area contributed by atoms with Gasteiger partial charge in [0, 0.05) is 22.5 Å². The van der Waals surface area contributed by atoms with Crippen LogP contribution in [0.4, 0.5) is 0 Å². The summed E-state index contributed by atoms with van der Waals surface area (Å²) >= 11 is 7.47. The van der Waals surface area contributed by atoms with E-state index in [9.17, 15) is 9.90 Å². The Bertz CT molecular complexity index is 453. The molecular formula is C14H21ClN2O2S. The van der Waals surface area contributed by atoms with E-state index in [1.54, 1.807) is 12.1 Å². The lowest BCUT2D eigenvalue weighted by Gasteiger charge is -2.21. The topological polar surface area (TPSA) is 62.2 Å². The molecule has 112 valence electrons. The normalized spacial score (nSPS) is 13.8. The van der Waals surface area contributed by atoms with Crippen molar-refractivity contribution in [3.8, 4) is 0 Å². The number of hydrogen-bond donors (Lipinski definition) is 2. The van der Waals surface area contributed by atoms with E-state index in [4.69, 9.17) is 11.6 Å². The molecule has 0 aliphatic rings. The van der Waals surface area contributed by atoms with Crippen molar-refractivity contribution in [1.29, 1.82) is 0 Å². The van der Waals surface area contributed by atoms with E-state index in [1.165, 1.54) is 11.8 Å². The quantitative estimate of drug-likeness (QED) is 0.759. The molecule has 1 rings (SSSR count). The number of nitrogens with one attached hydrogen (secondary N) is 1. The highest BCUT2D eigenvalue weighted by Gasteiger charge is 2.18. The molecule has 0 aromatic carbocycles. The summed E-state index contributed by atoms with van der Waals surface area (Å²) in [7, 11) is 0. The summed E-state index contributed by atoms with van der Waals surface area (Å²) in [5.74, 6) is -0.188. The number of aliphatic hydroxyl groups excluding tert-OH is 1. The first kappa shape index (κ1) is 17.3. The molecule has 2 atom stereocenters. The predicted molar refractivity (Wildman–Crippen MR) is 84.6 cm³/mol. The Labute approximate surface area is 129 Å². The van der Waals surface area contributed by atoms with E-state index < -0.39 is 0 Å². The second kappa shape index (κ2) is 8.49. The third-order valence-corrected chi connectivity index (χ3v) is 4.37. The third-order valence-electron chi connectivity index (χ3n) is 3.01. The molecule has 0 saturated carbocycles. The van der Waals surface area contributed by atoms with Gasteiger partial charge in [0.15, 0.2) is 0 Å². The van der Waals surface area contributed by atoms with Crippen molar-refractivity contribution in [3.63, 3.8) is 0 Å². The molecule has 0 saturated heterocycles. The number of pyridine rings is 1. The van der Waals surface area contributed by atoms with Gasteiger partial charge in [0.2, 0.25) is 0 Å². The van der Waals surface area contributed by atoms with Crippen LogP contribution in [0.5, 0.6) is 0 Å². The fourth-order valence-corrected chi connectivity index (χ4v) is 2.74. The smallest absolute Gasteiger partial charge is 0.251 e. The van der Waals surface area contributed by atoms with Crippen molar-refractivity contribution in [3.05, 3.63) is 28.5 Å². The zero-order valence-electron chi connectivity index (χ0n) is 12.0. The first-order valence-electron chi connectivity index (χ1n) is 6.62. The van der Waals surface area contributed by atoms with Gasteiger partial charge in [-0.25, -0.2) is 4.98 Å². The summed E-state index contributed by atoms with van der Waals surface area (Å²) in [5.41, 5.74) is 1.33. The van der Waals surface area contributed by atoms with Crippen LogP contribution in [0.2, 0.25) is 5.15 Å². The Morgan fingerprint density at radius 2 is 2.25 bits per heavy atom. The third kappa shape index (κ3) is 4.96. The van der Waals surface area contributed by atoms with Gasteiger partial charge < -0.3 is 10.4 Å². The minimum atomic E-state index is -0.188. The summed E-state index contributed by atoms with van der Waals surface area (Å²) in [5, 5.41) is 12.4. The first-order chi connectivity index (χ1) is 9.51. The maximum absolute atomic E-state index is 12.2. The summed E-state index contributed by atoms with van der Waals surface area (Å²) in [6.45, 7) is 3.96. The highest BCUT2D eigenvalue weighted by atomic mass is 35.5. The van der Waals surface area contributed by atoms with Crippen molar-refractivity contribution in [2.75, 3.05) is 12.9 Å². The number of thioether (sulfide) groups is 1. The molecule has 20 heavy (non-hydrogen) atoms. The lowest BCUT2D eigenvalue weighted by atomic mass is 10.1. The molecule has 1 aromatic rings. The zero-order chi connectivity index (χ0) is 15.1. The van der Waals surface area contributed by atoms with Gasteiger partial charge in [0.1, 0.15) is 5.15 Å². The Morgan fingerprint density at radius 3 is 2.80 bits per heavy atom. The molecule has 2 unspecified atom stereocenters. The van der Waals surface area contributed by atoms with E-state index in [-0.39, 0.29) is 23.8 Å². The Balaban J connectivity index is 2.81. The highest BCUT2D eigenvalue weighted by molar-refractivity contribution is 7.99. The molecule has 0 bridgehead atoms. The van der Waals surface area contributed by atoms with Crippen LogP contribution < -0.4 is 5.32 Å². The van der Waals surface area contributed by atoms with Crippen LogP contribution in [0.3, 0.4) is 0 Å². The molecule has 0 aliphatic carbocycles. The lowest BCUT2D eigenvalue weighted by molar-refractivity contribution is 0.0935. The molecule has 1 aromatic heterocycles. The molecule has 0 aliphatic heterocycles. The maximum atomic E-state index is 12.2. The number of aryl methyl sites for hydroxylation is 1. The average molecular weight is 317 g/mol. The largest absolute Gasteiger partial charge is 0.395 e. The van der Waals surface area contributed by atoms with Gasteiger partial charge in [-0.3, -0.25) is 4.79 Å². The Hall–Kier alpha value is -0.780. The van der Waals surface area contributed by atoms with Crippen molar-refractivity contribution >= 4 is 29.3 Å². The second-order valence-corrected chi connectivity index (χ2v) is 6.10. The fourth-order valence-electron chi connectivity index (χ4n) is 1.89. The van der Waals surface area contributed by atoms with Crippen LogP contribution in [-0.4, -0.2) is 40.2 Å². The minimum absolute atomic E-state index is 0.0219. The fraction of sp³-hybridized carbons (Fsp3) is 0.571. The summed E-state index contributed by atoms with van der Waals surface area (Å²) < 4.78 is 0. The standard InChI is InChI=1S/C14H21ClN2O2S/c1-4-5-11-6-10(7-13(15)17-11)14(19)16-9(2)12(8-18)20-3/h6-7,9,12,18H,4-5,8H2,1-3H3,(H,16,19). The van der Waals surface area contributed by atoms with E-state index in [0.29, 0.717) is 10.7 Å². The molecule has 0 fully saturated rings. The number of halogens is 1. The predicted octanol–water partition coefficient (Wildman–Crippen LogP) is 2.53. The zero-order valence-corrected chi connectivity index (χ0v) is 13.6. The van der Waals surface area contributed by atoms with Gasteiger partial charge in [-0.05, 0) is 31.7 Å². The SMILES string of the molecule is CCCc1cc(C(=O)NC(C)C(CO)SC)cc(Cl)n1. The first-order valence-corrected chi connectivity index (χ1v) is 8.29. The van der Waals surface area contributed by atoms with Gasteiger partial charge in [-0.2, -0.15) is 11.8 Å². The number of rotatable bonds is 7. The maximum Gasteiger partial charge on any atom is 0.251 e. The Kier molecular flexibility index (Phi) is 7.34. The summed E-state index contributed by atoms with van der Waals surface area (Å²) in [4.78, 5) is 16.4. The van der Waals surface area contributed by atoms with Crippen molar-refractivity contribution < 1.29 is 9.90 Å². The van der Waals surface area contributed by atoms with Gasteiger partial charge in [-0.1, -0.05) is 24.9 Å². The summed E-state index contributed by atoms with van der Waals surface area (Å²) in [6, 6.07) is 3.21. The van der Waals surface area contributed by atoms with Gasteiger partial charge >= 0.3 is 0 Å². The number of hydrogen-bond acceptors (Lipinski definition) is 4. The molecule has 1 heterocycles. The minimum Gasteiger partial charge on any atom is -0.395 e. The van der Waals surface area contributed by atoms with Crippen LogP contribution in [0.15, 0.2) is 12.1 Å². The van der Waals surface area contributed by atoms with Crippen LogP contribution in [0.25, 0.3) is 0 Å². The van der Waals surface area contributed by atoms with E-state index in [2.05, 4.69) is 17.2 Å². The van der Waals surface area contributed by atoms with Gasteiger partial charge in [0.25, 0.3) is 5.91 Å². The Morgan fingerprint density at radius 1 is 1.55 bits per heavy atom. The van der Waals surface area contributed by atoms with Crippen molar-refractivity contribution in [2.45, 2.75) is 38.0 Å². The number of carbonyl (C=O) groups is 1. The molecule has 6 heteroatoms.